The lowest BCUT2D eigenvalue weighted by atomic mass is 10.2. The van der Waals surface area contributed by atoms with Crippen LogP contribution in [0.3, 0.4) is 0 Å². The van der Waals surface area contributed by atoms with Gasteiger partial charge < -0.3 is 9.64 Å². The van der Waals surface area contributed by atoms with Crippen molar-refractivity contribution >= 4 is 21.8 Å². The van der Waals surface area contributed by atoms with Crippen LogP contribution in [-0.2, 0) is 4.74 Å². The number of H-pyrrole nitrogens is 1. The summed E-state index contributed by atoms with van der Waals surface area (Å²) in [7, 11) is 0. The van der Waals surface area contributed by atoms with Gasteiger partial charge in [0, 0.05) is 19.0 Å². The normalized spacial score (nSPS) is 24.3. The number of ether oxygens (including phenoxy) is 1. The number of nitrogens with one attached hydrogen (secondary N) is 1. The Balaban J connectivity index is 1.79. The average molecular weight is 314 g/mol. The van der Waals surface area contributed by atoms with E-state index in [4.69, 9.17) is 4.74 Å². The second-order valence-electron chi connectivity index (χ2n) is 5.01. The minimum Gasteiger partial charge on any atom is -0.375 e. The maximum absolute atomic E-state index is 12.4. The summed E-state index contributed by atoms with van der Waals surface area (Å²) in [6.07, 6.45) is 2.47. The second-order valence-corrected chi connectivity index (χ2v) is 5.80. The molecule has 18 heavy (non-hydrogen) atoms. The monoisotopic (exact) mass is 313 g/mol. The Morgan fingerprint density at radius 2 is 2.33 bits per heavy atom. The molecule has 1 N–H and O–H groups in total. The van der Waals surface area contributed by atoms with Crippen LogP contribution in [0.25, 0.3) is 0 Å². The first-order valence-corrected chi connectivity index (χ1v) is 7.10. The summed E-state index contributed by atoms with van der Waals surface area (Å²) in [5.41, 5.74) is 1.57. The molecule has 1 amide bonds. The van der Waals surface area contributed by atoms with E-state index < -0.39 is 0 Å². The van der Waals surface area contributed by atoms with Crippen molar-refractivity contribution in [2.75, 3.05) is 19.7 Å². The van der Waals surface area contributed by atoms with E-state index in [1.54, 1.807) is 0 Å². The SMILES string of the molecule is C[C@H]1CN(C(=O)c2n[nH]c(C3CC3)c2Br)CCO1. The van der Waals surface area contributed by atoms with Gasteiger partial charge in [-0.05, 0) is 35.7 Å². The standard InChI is InChI=1S/C12H16BrN3O2/c1-7-6-16(4-5-18-7)12(17)11-9(13)10(14-15-11)8-2-3-8/h7-8H,2-6H2,1H3,(H,14,15)/t7-/m0/s1. The predicted octanol–water partition coefficient (Wildman–Crippen LogP) is 1.91. The molecule has 0 aromatic carbocycles. The fourth-order valence-corrected chi connectivity index (χ4v) is 2.95. The van der Waals surface area contributed by atoms with Crippen molar-refractivity contribution in [2.45, 2.75) is 31.8 Å². The van der Waals surface area contributed by atoms with Crippen LogP contribution < -0.4 is 0 Å². The van der Waals surface area contributed by atoms with Crippen molar-refractivity contribution in [3.05, 3.63) is 15.9 Å². The van der Waals surface area contributed by atoms with E-state index in [-0.39, 0.29) is 12.0 Å². The zero-order chi connectivity index (χ0) is 12.7. The molecule has 3 rings (SSSR count). The van der Waals surface area contributed by atoms with Crippen molar-refractivity contribution in [1.29, 1.82) is 0 Å². The van der Waals surface area contributed by atoms with Crippen LogP contribution in [-0.4, -0.2) is 46.8 Å². The van der Waals surface area contributed by atoms with E-state index in [0.29, 0.717) is 31.3 Å². The minimum absolute atomic E-state index is 0.0137. The highest BCUT2D eigenvalue weighted by Gasteiger charge is 2.32. The van der Waals surface area contributed by atoms with E-state index in [0.717, 1.165) is 10.2 Å². The van der Waals surface area contributed by atoms with Gasteiger partial charge in [0.2, 0.25) is 0 Å². The lowest BCUT2D eigenvalue weighted by Gasteiger charge is -2.30. The van der Waals surface area contributed by atoms with Gasteiger partial charge in [0.1, 0.15) is 0 Å². The molecule has 2 fully saturated rings. The number of aromatic amines is 1. The lowest BCUT2D eigenvalue weighted by molar-refractivity contribution is -0.0126. The molecule has 5 nitrogen and oxygen atoms in total. The molecule has 1 aromatic rings. The van der Waals surface area contributed by atoms with E-state index in [1.807, 2.05) is 11.8 Å². The highest BCUT2D eigenvalue weighted by molar-refractivity contribution is 9.10. The Morgan fingerprint density at radius 3 is 3.00 bits per heavy atom. The van der Waals surface area contributed by atoms with Gasteiger partial charge in [-0.3, -0.25) is 9.89 Å². The van der Waals surface area contributed by atoms with Crippen molar-refractivity contribution in [3.63, 3.8) is 0 Å². The van der Waals surface area contributed by atoms with E-state index in [1.165, 1.54) is 12.8 Å². The third-order valence-electron chi connectivity index (χ3n) is 3.45. The topological polar surface area (TPSA) is 58.2 Å². The fraction of sp³-hybridized carbons (Fsp3) is 0.667. The summed E-state index contributed by atoms with van der Waals surface area (Å²) < 4.78 is 6.29. The second kappa shape index (κ2) is 4.66. The number of hydrogen-bond donors (Lipinski definition) is 1. The summed E-state index contributed by atoms with van der Waals surface area (Å²) in [6, 6.07) is 0. The zero-order valence-electron chi connectivity index (χ0n) is 10.3. The van der Waals surface area contributed by atoms with Crippen LogP contribution in [0, 0.1) is 0 Å². The van der Waals surface area contributed by atoms with Gasteiger partial charge in [-0.2, -0.15) is 5.10 Å². The summed E-state index contributed by atoms with van der Waals surface area (Å²) in [5.74, 6) is 0.539. The molecule has 1 aliphatic carbocycles. The maximum atomic E-state index is 12.4. The number of hydrogen-bond acceptors (Lipinski definition) is 3. The maximum Gasteiger partial charge on any atom is 0.275 e. The van der Waals surface area contributed by atoms with Crippen molar-refractivity contribution < 1.29 is 9.53 Å². The molecule has 98 valence electrons. The number of morpholine rings is 1. The number of nitrogens with zero attached hydrogens (tertiary/aromatic N) is 2. The van der Waals surface area contributed by atoms with Crippen LogP contribution in [0.15, 0.2) is 4.47 Å². The molecule has 2 heterocycles. The first kappa shape index (κ1) is 12.2. The third-order valence-corrected chi connectivity index (χ3v) is 4.25. The van der Waals surface area contributed by atoms with E-state index in [2.05, 4.69) is 26.1 Å². The number of carbonyl (C=O) groups excluding carboxylic acids is 1. The predicted molar refractivity (Wildman–Crippen MR) is 69.6 cm³/mol. The highest BCUT2D eigenvalue weighted by Crippen LogP contribution is 2.43. The molecule has 6 heteroatoms. The average Bonchev–Trinajstić information content (AvgIpc) is 3.12. The van der Waals surface area contributed by atoms with Gasteiger partial charge in [0.05, 0.1) is 22.9 Å². The van der Waals surface area contributed by atoms with Crippen molar-refractivity contribution in [1.82, 2.24) is 15.1 Å². The molecule has 2 aliphatic rings. The van der Waals surface area contributed by atoms with Gasteiger partial charge in [-0.25, -0.2) is 0 Å². The molecule has 0 bridgehead atoms. The summed E-state index contributed by atoms with van der Waals surface area (Å²) in [6.45, 7) is 3.86. The molecule has 1 saturated carbocycles. The van der Waals surface area contributed by atoms with Crippen LogP contribution >= 0.6 is 15.9 Å². The Morgan fingerprint density at radius 1 is 1.56 bits per heavy atom. The summed E-state index contributed by atoms with van der Waals surface area (Å²) >= 11 is 3.50. The van der Waals surface area contributed by atoms with Crippen molar-refractivity contribution in [3.8, 4) is 0 Å². The first-order valence-electron chi connectivity index (χ1n) is 6.31. The number of carbonyl (C=O) groups is 1. The van der Waals surface area contributed by atoms with Gasteiger partial charge in [0.15, 0.2) is 5.69 Å². The number of halogens is 1. The molecule has 1 saturated heterocycles. The zero-order valence-corrected chi connectivity index (χ0v) is 11.9. The quantitative estimate of drug-likeness (QED) is 0.907. The number of aromatic nitrogens is 2. The Kier molecular flexibility index (Phi) is 3.15. The summed E-state index contributed by atoms with van der Waals surface area (Å²) in [5, 5.41) is 7.16. The van der Waals surface area contributed by atoms with Gasteiger partial charge in [-0.15, -0.1) is 0 Å². The first-order chi connectivity index (χ1) is 8.66. The van der Waals surface area contributed by atoms with Crippen molar-refractivity contribution in [2.24, 2.45) is 0 Å². The van der Waals surface area contributed by atoms with E-state index >= 15 is 0 Å². The highest BCUT2D eigenvalue weighted by atomic mass is 79.9. The fourth-order valence-electron chi connectivity index (χ4n) is 2.28. The third kappa shape index (κ3) is 2.19. The van der Waals surface area contributed by atoms with Gasteiger partial charge in [0.25, 0.3) is 5.91 Å². The van der Waals surface area contributed by atoms with Gasteiger partial charge >= 0.3 is 0 Å². The lowest BCUT2D eigenvalue weighted by Crippen LogP contribution is -2.44. The van der Waals surface area contributed by atoms with Crippen LogP contribution in [0.2, 0.25) is 0 Å². The Bertz CT molecular complexity index is 470. The van der Waals surface area contributed by atoms with Crippen LogP contribution in [0.4, 0.5) is 0 Å². The number of rotatable bonds is 2. The molecule has 1 atom stereocenters. The smallest absolute Gasteiger partial charge is 0.275 e. The molecular formula is C12H16BrN3O2. The van der Waals surface area contributed by atoms with E-state index in [9.17, 15) is 4.79 Å². The summed E-state index contributed by atoms with van der Waals surface area (Å²) in [4.78, 5) is 14.2. The van der Waals surface area contributed by atoms with Crippen LogP contribution in [0.5, 0.6) is 0 Å². The Labute approximate surface area is 114 Å². The molecule has 1 aromatic heterocycles. The molecule has 0 spiro atoms. The molecule has 0 unspecified atom stereocenters. The molecule has 1 aliphatic heterocycles. The van der Waals surface area contributed by atoms with Crippen LogP contribution in [0.1, 0.15) is 41.9 Å². The molecular weight excluding hydrogens is 298 g/mol. The number of amides is 1. The Hall–Kier alpha value is -0.880. The minimum atomic E-state index is -0.0137. The van der Waals surface area contributed by atoms with Gasteiger partial charge in [-0.1, -0.05) is 0 Å². The molecule has 0 radical (unpaired) electrons. The largest absolute Gasteiger partial charge is 0.375 e.